The van der Waals surface area contributed by atoms with Crippen molar-refractivity contribution in [1.82, 2.24) is 10.3 Å². The Morgan fingerprint density at radius 2 is 1.79 bits per heavy atom. The number of anilines is 2. The molecule has 5 nitrogen and oxygen atoms in total. The van der Waals surface area contributed by atoms with E-state index in [9.17, 15) is 4.79 Å². The highest BCUT2D eigenvalue weighted by atomic mass is 35.5. The molecule has 3 rings (SSSR count). The van der Waals surface area contributed by atoms with Crippen molar-refractivity contribution in [2.45, 2.75) is 26.5 Å². The van der Waals surface area contributed by atoms with Crippen LogP contribution in [0.3, 0.4) is 0 Å². The number of carbonyl (C=O) groups is 1. The number of rotatable bonds is 7. The van der Waals surface area contributed by atoms with Crippen LogP contribution in [0.4, 0.5) is 11.5 Å². The van der Waals surface area contributed by atoms with Gasteiger partial charge in [-0.15, -0.1) is 0 Å². The van der Waals surface area contributed by atoms with Gasteiger partial charge in [-0.3, -0.25) is 4.79 Å². The number of hydrogen-bond acceptors (Lipinski definition) is 4. The first-order chi connectivity index (χ1) is 13.5. The highest BCUT2D eigenvalue weighted by molar-refractivity contribution is 6.30. The fourth-order valence-corrected chi connectivity index (χ4v) is 2.69. The zero-order chi connectivity index (χ0) is 19.9. The molecule has 0 spiro atoms. The first kappa shape index (κ1) is 19.7. The van der Waals surface area contributed by atoms with Crippen molar-refractivity contribution in [2.24, 2.45) is 0 Å². The number of nitrogens with zero attached hydrogens (tertiary/aromatic N) is 1. The lowest BCUT2D eigenvalue weighted by Crippen LogP contribution is -2.22. The number of halogens is 1. The summed E-state index contributed by atoms with van der Waals surface area (Å²) in [5.74, 6) is 1.24. The fraction of sp³-hybridized carbons (Fsp3) is 0.182. The molecule has 0 atom stereocenters. The summed E-state index contributed by atoms with van der Waals surface area (Å²) in [4.78, 5) is 16.7. The van der Waals surface area contributed by atoms with Crippen LogP contribution in [0.1, 0.15) is 29.8 Å². The third-order valence-corrected chi connectivity index (χ3v) is 4.14. The molecule has 0 aliphatic rings. The first-order valence-electron chi connectivity index (χ1n) is 9.02. The van der Waals surface area contributed by atoms with E-state index in [1.807, 2.05) is 50.2 Å². The number of aromatic nitrogens is 1. The third-order valence-electron chi connectivity index (χ3n) is 3.89. The largest absolute Gasteiger partial charge is 0.491 e. The molecule has 28 heavy (non-hydrogen) atoms. The Morgan fingerprint density at radius 3 is 2.46 bits per heavy atom. The van der Waals surface area contributed by atoms with E-state index in [1.165, 1.54) is 0 Å². The molecule has 2 N–H and O–H groups in total. The normalized spacial score (nSPS) is 10.6. The molecule has 0 saturated carbocycles. The third kappa shape index (κ3) is 5.72. The van der Waals surface area contributed by atoms with Gasteiger partial charge in [0.05, 0.1) is 6.10 Å². The smallest absolute Gasteiger partial charge is 0.251 e. The molecule has 0 radical (unpaired) electrons. The van der Waals surface area contributed by atoms with Crippen molar-refractivity contribution in [3.8, 4) is 5.75 Å². The van der Waals surface area contributed by atoms with Crippen LogP contribution in [0.2, 0.25) is 5.02 Å². The topological polar surface area (TPSA) is 63.2 Å². The Bertz CT molecular complexity index is 925. The Balaban J connectivity index is 1.61. The molecule has 144 valence electrons. The van der Waals surface area contributed by atoms with Crippen LogP contribution in [-0.2, 0) is 6.54 Å². The second-order valence-corrected chi connectivity index (χ2v) is 6.99. The molecule has 1 amide bonds. The fourth-order valence-electron chi connectivity index (χ4n) is 2.56. The monoisotopic (exact) mass is 395 g/mol. The highest BCUT2D eigenvalue weighted by Gasteiger charge is 2.07. The maximum absolute atomic E-state index is 12.4. The van der Waals surface area contributed by atoms with Crippen molar-refractivity contribution >= 4 is 29.0 Å². The van der Waals surface area contributed by atoms with Gasteiger partial charge in [0.25, 0.3) is 5.91 Å². The summed E-state index contributed by atoms with van der Waals surface area (Å²) in [5.41, 5.74) is 2.38. The Labute approximate surface area is 169 Å². The number of hydrogen-bond donors (Lipinski definition) is 2. The van der Waals surface area contributed by atoms with E-state index < -0.39 is 0 Å². The van der Waals surface area contributed by atoms with Gasteiger partial charge in [0.2, 0.25) is 0 Å². The molecule has 2 aromatic carbocycles. The molecule has 0 aliphatic carbocycles. The van der Waals surface area contributed by atoms with Crippen LogP contribution < -0.4 is 15.4 Å². The minimum Gasteiger partial charge on any atom is -0.491 e. The van der Waals surface area contributed by atoms with Crippen molar-refractivity contribution < 1.29 is 9.53 Å². The van der Waals surface area contributed by atoms with Crippen LogP contribution in [0.5, 0.6) is 5.75 Å². The van der Waals surface area contributed by atoms with Crippen molar-refractivity contribution in [1.29, 1.82) is 0 Å². The Hall–Kier alpha value is -3.05. The van der Waals surface area contributed by atoms with Crippen LogP contribution >= 0.6 is 11.6 Å². The number of ether oxygens (including phenoxy) is 1. The summed E-state index contributed by atoms with van der Waals surface area (Å²) < 4.78 is 5.64. The van der Waals surface area contributed by atoms with Gasteiger partial charge >= 0.3 is 0 Å². The SMILES string of the molecule is CC(C)Oc1ccc(Nc2cc(C(=O)NCc3ccc(Cl)cc3)ccn2)cc1. The zero-order valence-electron chi connectivity index (χ0n) is 15.8. The lowest BCUT2D eigenvalue weighted by molar-refractivity contribution is 0.0951. The van der Waals surface area contributed by atoms with Crippen molar-refractivity contribution in [3.63, 3.8) is 0 Å². The number of nitrogens with one attached hydrogen (secondary N) is 2. The molecule has 0 fully saturated rings. The predicted octanol–water partition coefficient (Wildman–Crippen LogP) is 5.20. The summed E-state index contributed by atoms with van der Waals surface area (Å²) in [6.45, 7) is 4.40. The molecule has 0 saturated heterocycles. The minimum atomic E-state index is -0.166. The summed E-state index contributed by atoms with van der Waals surface area (Å²) >= 11 is 5.88. The van der Waals surface area contributed by atoms with E-state index in [2.05, 4.69) is 15.6 Å². The maximum Gasteiger partial charge on any atom is 0.251 e. The van der Waals surface area contributed by atoms with Crippen LogP contribution in [0, 0.1) is 0 Å². The van der Waals surface area contributed by atoms with Gasteiger partial charge in [0.15, 0.2) is 0 Å². The van der Waals surface area contributed by atoms with Gasteiger partial charge in [-0.05, 0) is 67.9 Å². The van der Waals surface area contributed by atoms with E-state index in [4.69, 9.17) is 16.3 Å². The Morgan fingerprint density at radius 1 is 1.07 bits per heavy atom. The van der Waals surface area contributed by atoms with Crippen molar-refractivity contribution in [3.05, 3.63) is 83.0 Å². The molecule has 3 aromatic rings. The molecule has 0 bridgehead atoms. The van der Waals surface area contributed by atoms with Crippen LogP contribution in [0.15, 0.2) is 66.9 Å². The quantitative estimate of drug-likeness (QED) is 0.577. The van der Waals surface area contributed by atoms with Gasteiger partial charge in [-0.2, -0.15) is 0 Å². The van der Waals surface area contributed by atoms with E-state index >= 15 is 0 Å². The van der Waals surface area contributed by atoms with Crippen molar-refractivity contribution in [2.75, 3.05) is 5.32 Å². The molecule has 1 aromatic heterocycles. The first-order valence-corrected chi connectivity index (χ1v) is 9.40. The summed E-state index contributed by atoms with van der Waals surface area (Å²) in [6, 6.07) is 18.4. The molecule has 0 aliphatic heterocycles. The van der Waals surface area contributed by atoms with Gasteiger partial charge in [0, 0.05) is 29.0 Å². The molecular weight excluding hydrogens is 374 g/mol. The van der Waals surface area contributed by atoms with E-state index in [1.54, 1.807) is 30.5 Å². The lowest BCUT2D eigenvalue weighted by Gasteiger charge is -2.11. The second kappa shape index (κ2) is 9.24. The molecule has 6 heteroatoms. The lowest BCUT2D eigenvalue weighted by atomic mass is 10.2. The molecular formula is C22H22ClN3O2. The summed E-state index contributed by atoms with van der Waals surface area (Å²) in [6.07, 6.45) is 1.74. The van der Waals surface area contributed by atoms with E-state index in [-0.39, 0.29) is 12.0 Å². The highest BCUT2D eigenvalue weighted by Crippen LogP contribution is 2.20. The average Bonchev–Trinajstić information content (AvgIpc) is 2.69. The second-order valence-electron chi connectivity index (χ2n) is 6.55. The standard InChI is InChI=1S/C22H22ClN3O2/c1-15(2)28-20-9-7-19(8-10-20)26-21-13-17(11-12-24-21)22(27)25-14-16-3-5-18(23)6-4-16/h3-13,15H,14H2,1-2H3,(H,24,26)(H,25,27). The maximum atomic E-state index is 12.4. The number of carbonyl (C=O) groups excluding carboxylic acids is 1. The average molecular weight is 396 g/mol. The van der Waals surface area contributed by atoms with Gasteiger partial charge in [-0.1, -0.05) is 23.7 Å². The summed E-state index contributed by atoms with van der Waals surface area (Å²) in [5, 5.41) is 6.77. The number of benzene rings is 2. The van der Waals surface area contributed by atoms with E-state index in [0.29, 0.717) is 22.9 Å². The molecule has 0 unspecified atom stereocenters. The number of pyridine rings is 1. The Kier molecular flexibility index (Phi) is 6.50. The van der Waals surface area contributed by atoms with Gasteiger partial charge < -0.3 is 15.4 Å². The van der Waals surface area contributed by atoms with Crippen LogP contribution in [-0.4, -0.2) is 17.0 Å². The van der Waals surface area contributed by atoms with Gasteiger partial charge in [0.1, 0.15) is 11.6 Å². The molecule has 1 heterocycles. The van der Waals surface area contributed by atoms with Crippen LogP contribution in [0.25, 0.3) is 0 Å². The van der Waals surface area contributed by atoms with Gasteiger partial charge in [-0.25, -0.2) is 4.98 Å². The predicted molar refractivity (Wildman–Crippen MR) is 112 cm³/mol. The zero-order valence-corrected chi connectivity index (χ0v) is 16.5. The number of amides is 1. The summed E-state index contributed by atoms with van der Waals surface area (Å²) in [7, 11) is 0. The minimum absolute atomic E-state index is 0.128. The van der Waals surface area contributed by atoms with E-state index in [0.717, 1.165) is 17.0 Å².